The lowest BCUT2D eigenvalue weighted by molar-refractivity contribution is 0.282. The summed E-state index contributed by atoms with van der Waals surface area (Å²) >= 11 is 8.08. The number of hydrogen-bond donors (Lipinski definition) is 1. The molecule has 0 atom stereocenters. The molecule has 0 aromatic heterocycles. The summed E-state index contributed by atoms with van der Waals surface area (Å²) in [6, 6.07) is 5.93. The molecule has 0 amide bonds. The molecule has 2 nitrogen and oxygen atoms in total. The predicted molar refractivity (Wildman–Crippen MR) is 76.1 cm³/mol. The fourth-order valence-corrected chi connectivity index (χ4v) is 3.13. The van der Waals surface area contributed by atoms with E-state index in [1.54, 1.807) is 0 Å². The number of piperidine rings is 1. The van der Waals surface area contributed by atoms with Gasteiger partial charge < -0.3 is 10.0 Å². The van der Waals surface area contributed by atoms with Crippen molar-refractivity contribution in [3.05, 3.63) is 28.8 Å². The molecule has 0 saturated carbocycles. The second-order valence-corrected chi connectivity index (χ2v) is 5.90. The summed E-state index contributed by atoms with van der Waals surface area (Å²) in [5, 5.41) is 10.6. The zero-order chi connectivity index (χ0) is 12.3. The molecule has 1 aromatic rings. The van der Waals surface area contributed by atoms with Crippen LogP contribution < -0.4 is 4.90 Å². The quantitative estimate of drug-likeness (QED) is 0.914. The van der Waals surface area contributed by atoms with Gasteiger partial charge in [-0.3, -0.25) is 0 Å². The van der Waals surface area contributed by atoms with Crippen LogP contribution in [0.3, 0.4) is 0 Å². The Bertz CT molecular complexity index is 378. The van der Waals surface area contributed by atoms with E-state index in [-0.39, 0.29) is 6.61 Å². The minimum atomic E-state index is 0.00760. The van der Waals surface area contributed by atoms with E-state index >= 15 is 0 Å². The number of benzene rings is 1. The maximum atomic E-state index is 9.09. The Kier molecular flexibility index (Phi) is 4.60. The van der Waals surface area contributed by atoms with Gasteiger partial charge in [0.1, 0.15) is 0 Å². The van der Waals surface area contributed by atoms with E-state index in [0.29, 0.717) is 5.02 Å². The van der Waals surface area contributed by atoms with Crippen molar-refractivity contribution >= 4 is 29.1 Å². The molecule has 0 unspecified atom stereocenters. The van der Waals surface area contributed by atoms with Gasteiger partial charge in [-0.05, 0) is 36.8 Å². The Morgan fingerprint density at radius 1 is 1.41 bits per heavy atom. The summed E-state index contributed by atoms with van der Waals surface area (Å²) in [7, 11) is 0. The van der Waals surface area contributed by atoms with Crippen molar-refractivity contribution in [1.82, 2.24) is 0 Å². The summed E-state index contributed by atoms with van der Waals surface area (Å²) in [4.78, 5) is 2.37. The van der Waals surface area contributed by atoms with Crippen molar-refractivity contribution in [1.29, 1.82) is 0 Å². The van der Waals surface area contributed by atoms with Gasteiger partial charge in [-0.2, -0.15) is 11.8 Å². The van der Waals surface area contributed by atoms with Crippen LogP contribution >= 0.6 is 23.4 Å². The molecule has 0 spiro atoms. The maximum absolute atomic E-state index is 9.09. The first kappa shape index (κ1) is 13.1. The zero-order valence-electron chi connectivity index (χ0n) is 10.0. The molecule has 1 saturated heterocycles. The van der Waals surface area contributed by atoms with Gasteiger partial charge >= 0.3 is 0 Å². The van der Waals surface area contributed by atoms with Gasteiger partial charge in [-0.1, -0.05) is 17.7 Å². The first-order valence-corrected chi connectivity index (χ1v) is 7.58. The highest BCUT2D eigenvalue weighted by molar-refractivity contribution is 7.99. The molecule has 1 aliphatic heterocycles. The molecule has 1 fully saturated rings. The highest BCUT2D eigenvalue weighted by atomic mass is 35.5. The molecular formula is C13H18ClNOS. The lowest BCUT2D eigenvalue weighted by Gasteiger charge is -2.33. The number of aliphatic hydroxyl groups excluding tert-OH is 1. The molecule has 0 bridgehead atoms. The predicted octanol–water partition coefficient (Wildman–Crippen LogP) is 3.16. The van der Waals surface area contributed by atoms with Crippen LogP contribution in [0.5, 0.6) is 0 Å². The second-order valence-electron chi connectivity index (χ2n) is 4.36. The normalized spacial score (nSPS) is 17.5. The fraction of sp³-hybridized carbons (Fsp3) is 0.538. The third-order valence-corrected chi connectivity index (χ3v) is 4.84. The zero-order valence-corrected chi connectivity index (χ0v) is 11.6. The first-order chi connectivity index (χ1) is 8.24. The molecular weight excluding hydrogens is 254 g/mol. The van der Waals surface area contributed by atoms with Crippen LogP contribution in [0, 0.1) is 0 Å². The minimum absolute atomic E-state index is 0.00760. The number of nitrogens with zero attached hydrogens (tertiary/aromatic N) is 1. The number of rotatable bonds is 3. The Labute approximate surface area is 112 Å². The Morgan fingerprint density at radius 3 is 2.65 bits per heavy atom. The smallest absolute Gasteiger partial charge is 0.0696 e. The minimum Gasteiger partial charge on any atom is -0.392 e. The van der Waals surface area contributed by atoms with Crippen molar-refractivity contribution in [2.75, 3.05) is 24.2 Å². The van der Waals surface area contributed by atoms with Crippen molar-refractivity contribution in [2.45, 2.75) is 24.7 Å². The van der Waals surface area contributed by atoms with E-state index in [1.807, 2.05) is 23.9 Å². The van der Waals surface area contributed by atoms with Gasteiger partial charge in [0.2, 0.25) is 0 Å². The number of aliphatic hydroxyl groups is 1. The van der Waals surface area contributed by atoms with Gasteiger partial charge in [-0.15, -0.1) is 0 Å². The molecule has 0 radical (unpaired) electrons. The lowest BCUT2D eigenvalue weighted by Crippen LogP contribution is -2.34. The summed E-state index contributed by atoms with van der Waals surface area (Å²) in [5.41, 5.74) is 1.97. The Balaban J connectivity index is 2.06. The first-order valence-electron chi connectivity index (χ1n) is 5.91. The molecule has 1 N–H and O–H groups in total. The van der Waals surface area contributed by atoms with E-state index in [0.717, 1.165) is 23.9 Å². The monoisotopic (exact) mass is 271 g/mol. The highest BCUT2D eigenvalue weighted by Crippen LogP contribution is 2.28. The molecule has 17 heavy (non-hydrogen) atoms. The average molecular weight is 272 g/mol. The highest BCUT2D eigenvalue weighted by Gasteiger charge is 2.18. The largest absolute Gasteiger partial charge is 0.392 e. The van der Waals surface area contributed by atoms with Gasteiger partial charge in [0.25, 0.3) is 0 Å². The van der Waals surface area contributed by atoms with Crippen LogP contribution in [0.4, 0.5) is 5.69 Å². The summed E-state index contributed by atoms with van der Waals surface area (Å²) in [5.74, 6) is 0. The van der Waals surface area contributed by atoms with E-state index in [4.69, 9.17) is 16.7 Å². The van der Waals surface area contributed by atoms with Gasteiger partial charge in [0.05, 0.1) is 6.61 Å². The summed E-state index contributed by atoms with van der Waals surface area (Å²) in [6.45, 7) is 2.20. The summed E-state index contributed by atoms with van der Waals surface area (Å²) < 4.78 is 0. The standard InChI is InChI=1S/C13H18ClNOS/c1-17-12-4-6-15(7-5-12)11-3-2-10(9-16)13(14)8-11/h2-3,8,12,16H,4-7,9H2,1H3. The molecule has 0 aliphatic carbocycles. The van der Waals surface area contributed by atoms with Crippen LogP contribution in [0.25, 0.3) is 0 Å². The number of thioether (sulfide) groups is 1. The van der Waals surface area contributed by atoms with Crippen molar-refractivity contribution in [3.63, 3.8) is 0 Å². The maximum Gasteiger partial charge on any atom is 0.0696 e. The van der Waals surface area contributed by atoms with Crippen molar-refractivity contribution < 1.29 is 5.11 Å². The van der Waals surface area contributed by atoms with Gasteiger partial charge in [0, 0.05) is 29.0 Å². The molecule has 94 valence electrons. The van der Waals surface area contributed by atoms with Crippen molar-refractivity contribution in [3.8, 4) is 0 Å². The fourth-order valence-electron chi connectivity index (χ4n) is 2.21. The molecule has 1 heterocycles. The van der Waals surface area contributed by atoms with Gasteiger partial charge in [0.15, 0.2) is 0 Å². The molecule has 1 aromatic carbocycles. The van der Waals surface area contributed by atoms with Crippen LogP contribution in [-0.4, -0.2) is 29.7 Å². The van der Waals surface area contributed by atoms with Gasteiger partial charge in [-0.25, -0.2) is 0 Å². The van der Waals surface area contributed by atoms with Crippen LogP contribution in [-0.2, 0) is 6.61 Å². The SMILES string of the molecule is CSC1CCN(c2ccc(CO)c(Cl)c2)CC1. The molecule has 1 aliphatic rings. The average Bonchev–Trinajstić information content (AvgIpc) is 2.39. The second kappa shape index (κ2) is 5.98. The van der Waals surface area contributed by atoms with E-state index in [2.05, 4.69) is 17.2 Å². The number of hydrogen-bond acceptors (Lipinski definition) is 3. The molecule has 4 heteroatoms. The third-order valence-electron chi connectivity index (χ3n) is 3.35. The van der Waals surface area contributed by atoms with Crippen LogP contribution in [0.1, 0.15) is 18.4 Å². The third kappa shape index (κ3) is 3.09. The van der Waals surface area contributed by atoms with E-state index in [9.17, 15) is 0 Å². The Morgan fingerprint density at radius 2 is 2.12 bits per heavy atom. The Hall–Kier alpha value is -0.380. The topological polar surface area (TPSA) is 23.5 Å². The number of halogens is 1. The van der Waals surface area contributed by atoms with Crippen molar-refractivity contribution in [2.24, 2.45) is 0 Å². The summed E-state index contributed by atoms with van der Waals surface area (Å²) in [6.07, 6.45) is 4.66. The van der Waals surface area contributed by atoms with E-state index < -0.39 is 0 Å². The lowest BCUT2D eigenvalue weighted by atomic mass is 10.1. The van der Waals surface area contributed by atoms with Crippen LogP contribution in [0.2, 0.25) is 5.02 Å². The van der Waals surface area contributed by atoms with E-state index in [1.165, 1.54) is 18.5 Å². The number of anilines is 1. The molecule has 2 rings (SSSR count). The van der Waals surface area contributed by atoms with Crippen LogP contribution in [0.15, 0.2) is 18.2 Å².